The first-order chi connectivity index (χ1) is 14.6. The number of anilines is 1. The lowest BCUT2D eigenvalue weighted by Gasteiger charge is -2.27. The van der Waals surface area contributed by atoms with E-state index in [2.05, 4.69) is 0 Å². The maximum atomic E-state index is 13.4. The average Bonchev–Trinajstić information content (AvgIpc) is 3.18. The molecule has 0 saturated carbocycles. The number of fused-ring (bicyclic) bond motifs is 1. The van der Waals surface area contributed by atoms with Crippen LogP contribution in [0.5, 0.6) is 5.75 Å². The molecule has 0 atom stereocenters. The van der Waals surface area contributed by atoms with Crippen LogP contribution in [-0.4, -0.2) is 56.4 Å². The summed E-state index contributed by atoms with van der Waals surface area (Å²) in [5.74, 6) is 0.740. The molecule has 2 aromatic carbocycles. The van der Waals surface area contributed by atoms with E-state index in [1.807, 2.05) is 67.3 Å². The van der Waals surface area contributed by atoms with Crippen molar-refractivity contribution in [1.29, 1.82) is 0 Å². The van der Waals surface area contributed by atoms with Crippen LogP contribution in [0.3, 0.4) is 0 Å². The van der Waals surface area contributed by atoms with Crippen molar-refractivity contribution in [2.75, 3.05) is 44.3 Å². The molecule has 1 aromatic heterocycles. The van der Waals surface area contributed by atoms with Gasteiger partial charge in [-0.3, -0.25) is 9.69 Å². The largest absolute Gasteiger partial charge is 0.491 e. The third-order valence-electron chi connectivity index (χ3n) is 5.12. The molecule has 1 N–H and O–H groups in total. The van der Waals surface area contributed by atoms with Gasteiger partial charge < -0.3 is 14.4 Å². The van der Waals surface area contributed by atoms with Crippen molar-refractivity contribution in [3.8, 4) is 5.75 Å². The molecule has 0 radical (unpaired) electrons. The zero-order valence-electron chi connectivity index (χ0n) is 17.5. The molecular formula is C23H28N3O3S+. The Morgan fingerprint density at radius 3 is 2.60 bits per heavy atom. The number of morpholine rings is 1. The van der Waals surface area contributed by atoms with Crippen molar-refractivity contribution in [2.24, 2.45) is 0 Å². The van der Waals surface area contributed by atoms with Crippen LogP contribution in [0.2, 0.25) is 0 Å². The highest BCUT2D eigenvalue weighted by molar-refractivity contribution is 7.22. The Balaban J connectivity index is 1.57. The summed E-state index contributed by atoms with van der Waals surface area (Å²) >= 11 is 1.56. The van der Waals surface area contributed by atoms with Crippen LogP contribution in [0.15, 0.2) is 48.5 Å². The van der Waals surface area contributed by atoms with E-state index in [1.54, 1.807) is 11.3 Å². The Morgan fingerprint density at radius 1 is 1.17 bits per heavy atom. The smallest absolute Gasteiger partial charge is 0.260 e. The van der Waals surface area contributed by atoms with E-state index in [9.17, 15) is 4.79 Å². The topological polar surface area (TPSA) is 56.1 Å². The second-order valence-corrected chi connectivity index (χ2v) is 8.73. The van der Waals surface area contributed by atoms with Gasteiger partial charge in [-0.05, 0) is 50.2 Å². The van der Waals surface area contributed by atoms with E-state index in [-0.39, 0.29) is 12.0 Å². The first-order valence-electron chi connectivity index (χ1n) is 10.5. The zero-order valence-corrected chi connectivity index (χ0v) is 18.3. The Bertz CT molecular complexity index is 948. The van der Waals surface area contributed by atoms with Crippen LogP contribution in [0.4, 0.5) is 5.13 Å². The fraction of sp³-hybridized carbons (Fsp3) is 0.391. The number of nitrogens with one attached hydrogen (secondary N) is 1. The number of para-hydroxylation sites is 1. The van der Waals surface area contributed by atoms with Crippen LogP contribution >= 0.6 is 11.3 Å². The Morgan fingerprint density at radius 2 is 1.90 bits per heavy atom. The summed E-state index contributed by atoms with van der Waals surface area (Å²) in [6.07, 6.45) is 0.0993. The average molecular weight is 427 g/mol. The molecule has 1 amide bonds. The van der Waals surface area contributed by atoms with Crippen molar-refractivity contribution in [3.05, 3.63) is 54.1 Å². The highest BCUT2D eigenvalue weighted by atomic mass is 32.1. The summed E-state index contributed by atoms with van der Waals surface area (Å²) < 4.78 is 12.3. The Kier molecular flexibility index (Phi) is 6.62. The summed E-state index contributed by atoms with van der Waals surface area (Å²) in [5, 5.41) is 0.747. The highest BCUT2D eigenvalue weighted by Crippen LogP contribution is 2.29. The molecule has 158 valence electrons. The number of hydrogen-bond donors (Lipinski definition) is 1. The van der Waals surface area contributed by atoms with Gasteiger partial charge in [-0.25, -0.2) is 4.98 Å². The van der Waals surface area contributed by atoms with Gasteiger partial charge in [0.05, 0.1) is 42.6 Å². The van der Waals surface area contributed by atoms with Crippen molar-refractivity contribution < 1.29 is 19.2 Å². The third kappa shape index (κ3) is 4.98. The molecule has 1 aliphatic heterocycles. The summed E-state index contributed by atoms with van der Waals surface area (Å²) in [6.45, 7) is 8.98. The number of ether oxygens (including phenoxy) is 2. The molecule has 1 aliphatic rings. The van der Waals surface area contributed by atoms with Crippen molar-refractivity contribution in [2.45, 2.75) is 20.0 Å². The van der Waals surface area contributed by atoms with E-state index < -0.39 is 0 Å². The van der Waals surface area contributed by atoms with Crippen molar-refractivity contribution in [3.63, 3.8) is 0 Å². The second kappa shape index (κ2) is 9.55. The maximum Gasteiger partial charge on any atom is 0.260 e. The summed E-state index contributed by atoms with van der Waals surface area (Å²) in [4.78, 5) is 21.5. The fourth-order valence-electron chi connectivity index (χ4n) is 3.54. The van der Waals surface area contributed by atoms with Gasteiger partial charge in [0.25, 0.3) is 5.91 Å². The third-order valence-corrected chi connectivity index (χ3v) is 6.18. The molecule has 6 nitrogen and oxygen atoms in total. The molecule has 0 aliphatic carbocycles. The van der Waals surface area contributed by atoms with Gasteiger partial charge >= 0.3 is 0 Å². The molecule has 1 fully saturated rings. The maximum absolute atomic E-state index is 13.4. The molecular weight excluding hydrogens is 398 g/mol. The predicted molar refractivity (Wildman–Crippen MR) is 120 cm³/mol. The molecule has 3 aromatic rings. The van der Waals surface area contributed by atoms with Gasteiger partial charge in [-0.1, -0.05) is 23.5 Å². The Labute approximate surface area is 181 Å². The van der Waals surface area contributed by atoms with Crippen LogP contribution < -0.4 is 14.5 Å². The zero-order chi connectivity index (χ0) is 20.9. The van der Waals surface area contributed by atoms with Crippen molar-refractivity contribution in [1.82, 2.24) is 4.98 Å². The predicted octanol–water partition coefficient (Wildman–Crippen LogP) is 2.65. The molecule has 7 heteroatoms. The quantitative estimate of drug-likeness (QED) is 0.631. The molecule has 30 heavy (non-hydrogen) atoms. The summed E-state index contributed by atoms with van der Waals surface area (Å²) in [6, 6.07) is 15.4. The molecule has 2 heterocycles. The van der Waals surface area contributed by atoms with Gasteiger partial charge in [-0.2, -0.15) is 0 Å². The minimum atomic E-state index is -0.0298. The van der Waals surface area contributed by atoms with Crippen molar-refractivity contribution >= 4 is 32.6 Å². The lowest BCUT2D eigenvalue weighted by Crippen LogP contribution is -3.14. The SMILES string of the molecule is CC(C)Oc1ccc(C(=O)N(CC[NH+]2CCOCC2)c2nc3ccccc3s2)cc1. The minimum Gasteiger partial charge on any atom is -0.491 e. The summed E-state index contributed by atoms with van der Waals surface area (Å²) in [7, 11) is 0. The van der Waals surface area contributed by atoms with E-state index >= 15 is 0 Å². The normalized spacial score (nSPS) is 14.9. The number of quaternary nitrogens is 1. The van der Waals surface area contributed by atoms with Gasteiger partial charge in [0.2, 0.25) is 0 Å². The molecule has 1 saturated heterocycles. The van der Waals surface area contributed by atoms with E-state index in [0.29, 0.717) is 12.1 Å². The minimum absolute atomic E-state index is 0.0298. The van der Waals surface area contributed by atoms with Crippen LogP contribution in [0.1, 0.15) is 24.2 Å². The number of nitrogens with zero attached hydrogens (tertiary/aromatic N) is 2. The summed E-state index contributed by atoms with van der Waals surface area (Å²) in [5.41, 5.74) is 1.57. The second-order valence-electron chi connectivity index (χ2n) is 7.72. The van der Waals surface area contributed by atoms with Gasteiger partial charge in [0.15, 0.2) is 5.13 Å². The van der Waals surface area contributed by atoms with Crippen LogP contribution in [0, 0.1) is 0 Å². The Hall–Kier alpha value is -2.48. The lowest BCUT2D eigenvalue weighted by atomic mass is 10.2. The number of thiazole rings is 1. The lowest BCUT2D eigenvalue weighted by molar-refractivity contribution is -0.906. The number of carbonyl (C=O) groups excluding carboxylic acids is 1. The van der Waals surface area contributed by atoms with Gasteiger partial charge in [-0.15, -0.1) is 0 Å². The fourth-order valence-corrected chi connectivity index (χ4v) is 4.53. The number of hydrogen-bond acceptors (Lipinski definition) is 5. The number of rotatable bonds is 7. The highest BCUT2D eigenvalue weighted by Gasteiger charge is 2.24. The van der Waals surface area contributed by atoms with E-state index in [1.165, 1.54) is 4.90 Å². The number of amides is 1. The van der Waals surface area contributed by atoms with Crippen LogP contribution in [-0.2, 0) is 4.74 Å². The monoisotopic (exact) mass is 426 g/mol. The first kappa shape index (κ1) is 20.8. The number of aromatic nitrogens is 1. The molecule has 4 rings (SSSR count). The first-order valence-corrected chi connectivity index (χ1v) is 11.3. The van der Waals surface area contributed by atoms with Gasteiger partial charge in [0, 0.05) is 5.56 Å². The van der Waals surface area contributed by atoms with Crippen LogP contribution in [0.25, 0.3) is 10.2 Å². The standard InChI is InChI=1S/C23H27N3O3S/c1-17(2)29-19-9-7-18(8-10-19)22(27)26(12-11-25-13-15-28-16-14-25)23-24-20-5-3-4-6-21(20)30-23/h3-10,17H,11-16H2,1-2H3/p+1. The molecule has 0 unspecified atom stereocenters. The van der Waals surface area contributed by atoms with E-state index in [0.717, 1.165) is 53.9 Å². The molecule has 0 bridgehead atoms. The number of carbonyl (C=O) groups is 1. The number of benzene rings is 2. The van der Waals surface area contributed by atoms with Gasteiger partial charge in [0.1, 0.15) is 18.8 Å². The van der Waals surface area contributed by atoms with E-state index in [4.69, 9.17) is 14.5 Å². The molecule has 0 spiro atoms.